The molecule has 4 aliphatic carbocycles. The van der Waals surface area contributed by atoms with Gasteiger partial charge in [0.05, 0.1) is 5.41 Å². The second kappa shape index (κ2) is 5.04. The standard InChI is InChI=1S/C16H18F8O2/c1-4-12(2,3)11(25)26-16-8(19)13(22)5-14(23,9(16)20)7(18)15(24,6(13)17)10(16)21/h6-10H,4-5H2,1-3H3. The van der Waals surface area contributed by atoms with Gasteiger partial charge in [0.2, 0.25) is 11.3 Å². The van der Waals surface area contributed by atoms with Crippen LogP contribution in [0.2, 0.25) is 0 Å². The lowest BCUT2D eigenvalue weighted by Gasteiger charge is -2.67. The summed E-state index contributed by atoms with van der Waals surface area (Å²) in [5.41, 5.74) is -18.1. The van der Waals surface area contributed by atoms with Crippen LogP contribution in [0.25, 0.3) is 0 Å². The molecule has 0 spiro atoms. The van der Waals surface area contributed by atoms with E-state index in [-0.39, 0.29) is 6.42 Å². The third-order valence-electron chi connectivity index (χ3n) is 6.29. The van der Waals surface area contributed by atoms with E-state index in [0.29, 0.717) is 0 Å². The highest BCUT2D eigenvalue weighted by Crippen LogP contribution is 2.69. The highest BCUT2D eigenvalue weighted by Gasteiger charge is 2.94. The Kier molecular flexibility index (Phi) is 3.81. The molecule has 4 bridgehead atoms. The first-order chi connectivity index (χ1) is 11.7. The zero-order chi connectivity index (χ0) is 20.1. The van der Waals surface area contributed by atoms with E-state index in [1.54, 1.807) is 0 Å². The van der Waals surface area contributed by atoms with E-state index in [2.05, 4.69) is 4.74 Å². The number of rotatable bonds is 3. The van der Waals surface area contributed by atoms with E-state index in [9.17, 15) is 39.9 Å². The normalized spacial score (nSPS) is 55.9. The summed E-state index contributed by atoms with van der Waals surface area (Å²) in [6, 6.07) is 0. The minimum absolute atomic E-state index is 0.0204. The van der Waals surface area contributed by atoms with E-state index in [1.165, 1.54) is 20.8 Å². The molecule has 0 aromatic rings. The van der Waals surface area contributed by atoms with Gasteiger partial charge in [-0.3, -0.25) is 4.79 Å². The number of esters is 1. The molecular formula is C16H18F8O2. The van der Waals surface area contributed by atoms with Gasteiger partial charge in [-0.1, -0.05) is 6.92 Å². The van der Waals surface area contributed by atoms with Crippen LogP contribution in [-0.4, -0.2) is 59.4 Å². The van der Waals surface area contributed by atoms with Crippen molar-refractivity contribution in [2.45, 2.75) is 87.1 Å². The van der Waals surface area contributed by atoms with E-state index >= 15 is 0 Å². The Morgan fingerprint density at radius 3 is 1.73 bits per heavy atom. The predicted octanol–water partition coefficient (Wildman–Crippen LogP) is 3.95. The monoisotopic (exact) mass is 394 g/mol. The Labute approximate surface area is 144 Å². The van der Waals surface area contributed by atoms with Gasteiger partial charge in [-0.05, 0) is 20.3 Å². The minimum Gasteiger partial charge on any atom is -0.449 e. The minimum atomic E-state index is -4.52. The summed E-state index contributed by atoms with van der Waals surface area (Å²) in [7, 11) is 0. The number of carbonyl (C=O) groups is 1. The summed E-state index contributed by atoms with van der Waals surface area (Å²) in [5, 5.41) is 0. The fourth-order valence-electron chi connectivity index (χ4n) is 4.23. The molecule has 4 rings (SSSR count). The van der Waals surface area contributed by atoms with Crippen molar-refractivity contribution in [3.63, 3.8) is 0 Å². The summed E-state index contributed by atoms with van der Waals surface area (Å²) < 4.78 is 122. The van der Waals surface area contributed by atoms with Crippen LogP contribution in [0.5, 0.6) is 0 Å². The lowest BCUT2D eigenvalue weighted by molar-refractivity contribution is -0.382. The fraction of sp³-hybridized carbons (Fsp3) is 0.938. The van der Waals surface area contributed by atoms with E-state index in [1.807, 2.05) is 0 Å². The maximum Gasteiger partial charge on any atom is 0.312 e. The molecule has 4 fully saturated rings. The van der Waals surface area contributed by atoms with Crippen molar-refractivity contribution in [3.8, 4) is 0 Å². The molecule has 7 atom stereocenters. The largest absolute Gasteiger partial charge is 0.449 e. The zero-order valence-corrected chi connectivity index (χ0v) is 14.1. The molecule has 4 aliphatic rings. The van der Waals surface area contributed by atoms with Crippen molar-refractivity contribution in [2.24, 2.45) is 5.41 Å². The van der Waals surface area contributed by atoms with Crippen LogP contribution >= 0.6 is 0 Å². The van der Waals surface area contributed by atoms with Gasteiger partial charge in [-0.2, -0.15) is 0 Å². The first-order valence-electron chi connectivity index (χ1n) is 8.17. The molecule has 0 amide bonds. The lowest BCUT2D eigenvalue weighted by atomic mass is 9.46. The summed E-state index contributed by atoms with van der Waals surface area (Å²) in [6.07, 6.45) is -20.3. The molecule has 4 saturated carbocycles. The SMILES string of the molecule is CCC(C)(C)C(=O)OC12C(F)C3(F)CC(F)(C(F)C(F)(C3F)C1F)C2F. The molecule has 0 radical (unpaired) electrons. The molecule has 0 saturated heterocycles. The Morgan fingerprint density at radius 2 is 1.35 bits per heavy atom. The van der Waals surface area contributed by atoms with E-state index in [4.69, 9.17) is 0 Å². The van der Waals surface area contributed by atoms with Crippen molar-refractivity contribution in [1.82, 2.24) is 0 Å². The molecule has 10 heteroatoms. The molecule has 0 N–H and O–H groups in total. The number of halogens is 8. The fourth-order valence-corrected chi connectivity index (χ4v) is 4.23. The maximum atomic E-state index is 14.8. The Bertz CT molecular complexity index is 614. The topological polar surface area (TPSA) is 26.3 Å². The van der Waals surface area contributed by atoms with E-state index < -0.39 is 71.3 Å². The van der Waals surface area contributed by atoms with Crippen molar-refractivity contribution in [2.75, 3.05) is 0 Å². The van der Waals surface area contributed by atoms with Crippen LogP contribution in [0.15, 0.2) is 0 Å². The van der Waals surface area contributed by atoms with Gasteiger partial charge in [0.25, 0.3) is 0 Å². The summed E-state index contributed by atoms with van der Waals surface area (Å²) in [4.78, 5) is 12.2. The smallest absolute Gasteiger partial charge is 0.312 e. The van der Waals surface area contributed by atoms with Crippen LogP contribution in [0, 0.1) is 5.41 Å². The highest BCUT2D eigenvalue weighted by molar-refractivity contribution is 5.77. The Balaban J connectivity index is 2.20. The van der Waals surface area contributed by atoms with Crippen LogP contribution in [0.3, 0.4) is 0 Å². The Hall–Kier alpha value is -1.09. The first-order valence-corrected chi connectivity index (χ1v) is 8.17. The number of hydrogen-bond donors (Lipinski definition) is 0. The van der Waals surface area contributed by atoms with Crippen molar-refractivity contribution in [3.05, 3.63) is 0 Å². The van der Waals surface area contributed by atoms with E-state index in [0.717, 1.165) is 0 Å². The van der Waals surface area contributed by atoms with Crippen molar-refractivity contribution in [1.29, 1.82) is 0 Å². The molecule has 2 nitrogen and oxygen atoms in total. The molecule has 0 aliphatic heterocycles. The zero-order valence-electron chi connectivity index (χ0n) is 14.1. The summed E-state index contributed by atoms with van der Waals surface area (Å²) >= 11 is 0. The van der Waals surface area contributed by atoms with Crippen LogP contribution < -0.4 is 0 Å². The molecule has 0 aromatic carbocycles. The van der Waals surface area contributed by atoms with Crippen LogP contribution in [0.4, 0.5) is 35.1 Å². The molecule has 0 heterocycles. The third-order valence-corrected chi connectivity index (χ3v) is 6.29. The number of carbonyl (C=O) groups excluding carboxylic acids is 1. The third kappa shape index (κ3) is 1.77. The van der Waals surface area contributed by atoms with Gasteiger partial charge in [0, 0.05) is 6.42 Å². The molecule has 150 valence electrons. The van der Waals surface area contributed by atoms with Gasteiger partial charge >= 0.3 is 5.97 Å². The number of alkyl halides is 8. The summed E-state index contributed by atoms with van der Waals surface area (Å²) in [6.45, 7) is 3.94. The summed E-state index contributed by atoms with van der Waals surface area (Å²) in [5.74, 6) is -1.46. The Morgan fingerprint density at radius 1 is 0.923 bits per heavy atom. The lowest BCUT2D eigenvalue weighted by Crippen LogP contribution is -2.93. The predicted molar refractivity (Wildman–Crippen MR) is 73.5 cm³/mol. The van der Waals surface area contributed by atoms with Gasteiger partial charge in [-0.25, -0.2) is 35.1 Å². The van der Waals surface area contributed by atoms with Gasteiger partial charge in [0.15, 0.2) is 42.2 Å². The van der Waals surface area contributed by atoms with Crippen molar-refractivity contribution >= 4 is 5.97 Å². The number of ether oxygens (including phenoxy) is 1. The average Bonchev–Trinajstić information content (AvgIpc) is 2.58. The quantitative estimate of drug-likeness (QED) is 0.535. The maximum absolute atomic E-state index is 14.8. The molecule has 26 heavy (non-hydrogen) atoms. The highest BCUT2D eigenvalue weighted by atomic mass is 19.2. The van der Waals surface area contributed by atoms with Gasteiger partial charge in [0.1, 0.15) is 0 Å². The van der Waals surface area contributed by atoms with Crippen LogP contribution in [-0.2, 0) is 9.53 Å². The molecule has 0 aromatic heterocycles. The van der Waals surface area contributed by atoms with Gasteiger partial charge < -0.3 is 4.74 Å². The second-order valence-electron chi connectivity index (χ2n) is 8.15. The molecule has 7 unspecified atom stereocenters. The average molecular weight is 394 g/mol. The van der Waals surface area contributed by atoms with Crippen molar-refractivity contribution < 1.29 is 44.7 Å². The van der Waals surface area contributed by atoms with Gasteiger partial charge in [-0.15, -0.1) is 0 Å². The van der Waals surface area contributed by atoms with Crippen LogP contribution in [0.1, 0.15) is 33.6 Å². The molecular weight excluding hydrogens is 376 g/mol. The first kappa shape index (κ1) is 19.7. The second-order valence-corrected chi connectivity index (χ2v) is 8.15. The number of hydrogen-bond acceptors (Lipinski definition) is 2.